The van der Waals surface area contributed by atoms with Crippen LogP contribution in [0.5, 0.6) is 0 Å². The summed E-state index contributed by atoms with van der Waals surface area (Å²) in [5.41, 5.74) is 7.18. The predicted octanol–water partition coefficient (Wildman–Crippen LogP) is 1.53. The number of amides is 2. The van der Waals surface area contributed by atoms with E-state index in [1.165, 1.54) is 0 Å². The second-order valence-electron chi connectivity index (χ2n) is 5.80. The second kappa shape index (κ2) is 7.27. The van der Waals surface area contributed by atoms with Gasteiger partial charge < -0.3 is 15.4 Å². The molecule has 2 aromatic rings. The van der Waals surface area contributed by atoms with E-state index in [1.807, 2.05) is 60.7 Å². The fourth-order valence-electron chi connectivity index (χ4n) is 2.97. The zero-order valence-electron chi connectivity index (χ0n) is 13.3. The first kappa shape index (κ1) is 16.2. The molecule has 0 aromatic heterocycles. The lowest BCUT2D eigenvalue weighted by molar-refractivity contribution is -0.145. The predicted molar refractivity (Wildman–Crippen MR) is 90.2 cm³/mol. The number of hydrogen-bond donors (Lipinski definition) is 1. The Morgan fingerprint density at radius 2 is 1.54 bits per heavy atom. The van der Waals surface area contributed by atoms with Crippen molar-refractivity contribution < 1.29 is 14.3 Å². The van der Waals surface area contributed by atoms with Gasteiger partial charge in [0.25, 0.3) is 0 Å². The fourth-order valence-corrected chi connectivity index (χ4v) is 2.97. The van der Waals surface area contributed by atoms with Crippen molar-refractivity contribution in [3.8, 4) is 0 Å². The fraction of sp³-hybridized carbons (Fsp3) is 0.263. The zero-order valence-corrected chi connectivity index (χ0v) is 13.3. The van der Waals surface area contributed by atoms with Crippen molar-refractivity contribution >= 4 is 11.8 Å². The number of benzene rings is 2. The Kier molecular flexibility index (Phi) is 4.91. The normalized spacial score (nSPS) is 17.7. The number of carbonyl (C=O) groups excluding carboxylic acids is 2. The highest BCUT2D eigenvalue weighted by molar-refractivity contribution is 5.88. The molecule has 5 nitrogen and oxygen atoms in total. The monoisotopic (exact) mass is 324 g/mol. The average molecular weight is 324 g/mol. The Hall–Kier alpha value is -2.66. The van der Waals surface area contributed by atoms with Crippen LogP contribution >= 0.6 is 0 Å². The summed E-state index contributed by atoms with van der Waals surface area (Å²) in [6, 6.07) is 19.3. The van der Waals surface area contributed by atoms with Crippen molar-refractivity contribution in [2.45, 2.75) is 12.0 Å². The van der Waals surface area contributed by atoms with Crippen LogP contribution in [0.2, 0.25) is 0 Å². The molecule has 2 aromatic carbocycles. The van der Waals surface area contributed by atoms with Crippen molar-refractivity contribution in [3.05, 3.63) is 71.8 Å². The summed E-state index contributed by atoms with van der Waals surface area (Å²) in [4.78, 5) is 26.2. The van der Waals surface area contributed by atoms with Crippen LogP contribution in [0.1, 0.15) is 17.0 Å². The van der Waals surface area contributed by atoms with Gasteiger partial charge in [0, 0.05) is 6.54 Å². The van der Waals surface area contributed by atoms with E-state index in [1.54, 1.807) is 4.90 Å². The Bertz CT molecular complexity index is 664. The Morgan fingerprint density at radius 1 is 1.00 bits per heavy atom. The highest BCUT2D eigenvalue weighted by atomic mass is 16.5. The number of nitrogens with zero attached hydrogens (tertiary/aromatic N) is 1. The summed E-state index contributed by atoms with van der Waals surface area (Å²) >= 11 is 0. The first-order valence-electron chi connectivity index (χ1n) is 7.96. The van der Waals surface area contributed by atoms with Crippen LogP contribution < -0.4 is 5.73 Å². The number of hydrogen-bond acceptors (Lipinski definition) is 3. The van der Waals surface area contributed by atoms with Gasteiger partial charge in [-0.25, -0.2) is 0 Å². The standard InChI is InChI=1S/C19H20N2O3/c20-18(22)16-13-21(11-12-24-16)19(23)17(14-7-3-1-4-8-14)15-9-5-2-6-10-15/h1-10,16-17H,11-13H2,(H2,20,22)/t16-/m1/s1. The largest absolute Gasteiger partial charge is 0.367 e. The van der Waals surface area contributed by atoms with Gasteiger partial charge in [0.1, 0.15) is 0 Å². The highest BCUT2D eigenvalue weighted by Gasteiger charge is 2.33. The third-order valence-electron chi connectivity index (χ3n) is 4.21. The maximum absolute atomic E-state index is 13.2. The van der Waals surface area contributed by atoms with Crippen molar-refractivity contribution in [2.75, 3.05) is 19.7 Å². The Labute approximate surface area is 141 Å². The van der Waals surface area contributed by atoms with Gasteiger partial charge in [-0.05, 0) is 11.1 Å². The molecule has 124 valence electrons. The lowest BCUT2D eigenvalue weighted by Gasteiger charge is -2.34. The minimum Gasteiger partial charge on any atom is -0.367 e. The quantitative estimate of drug-likeness (QED) is 0.927. The average Bonchev–Trinajstić information content (AvgIpc) is 2.64. The molecule has 1 saturated heterocycles. The van der Waals surface area contributed by atoms with Gasteiger partial charge >= 0.3 is 0 Å². The lowest BCUT2D eigenvalue weighted by atomic mass is 9.90. The van der Waals surface area contributed by atoms with Gasteiger partial charge in [-0.15, -0.1) is 0 Å². The van der Waals surface area contributed by atoms with Crippen LogP contribution in [0.15, 0.2) is 60.7 Å². The number of ether oxygens (including phenoxy) is 1. The van der Waals surface area contributed by atoms with Crippen LogP contribution in [0, 0.1) is 0 Å². The number of primary amides is 1. The third kappa shape index (κ3) is 3.46. The number of morpholine rings is 1. The molecule has 0 spiro atoms. The molecular weight excluding hydrogens is 304 g/mol. The maximum Gasteiger partial charge on any atom is 0.248 e. The van der Waals surface area contributed by atoms with E-state index in [0.717, 1.165) is 11.1 Å². The summed E-state index contributed by atoms with van der Waals surface area (Å²) in [6.45, 7) is 0.971. The van der Waals surface area contributed by atoms with Gasteiger partial charge in [-0.2, -0.15) is 0 Å². The van der Waals surface area contributed by atoms with Gasteiger partial charge in [-0.3, -0.25) is 9.59 Å². The zero-order chi connectivity index (χ0) is 16.9. The summed E-state index contributed by atoms with van der Waals surface area (Å²) < 4.78 is 5.34. The van der Waals surface area contributed by atoms with E-state index in [9.17, 15) is 9.59 Å². The first-order valence-corrected chi connectivity index (χ1v) is 7.96. The number of nitrogens with two attached hydrogens (primary N) is 1. The summed E-state index contributed by atoms with van der Waals surface area (Å²) in [6.07, 6.45) is -0.741. The molecule has 2 amide bonds. The summed E-state index contributed by atoms with van der Waals surface area (Å²) in [7, 11) is 0. The molecule has 2 N–H and O–H groups in total. The van der Waals surface area contributed by atoms with Gasteiger partial charge in [0.2, 0.25) is 11.8 Å². The van der Waals surface area contributed by atoms with Gasteiger partial charge in [-0.1, -0.05) is 60.7 Å². The topological polar surface area (TPSA) is 72.6 Å². The van der Waals surface area contributed by atoms with Gasteiger partial charge in [0.05, 0.1) is 19.1 Å². The van der Waals surface area contributed by atoms with Crippen molar-refractivity contribution in [2.24, 2.45) is 5.73 Å². The molecule has 1 aliphatic rings. The third-order valence-corrected chi connectivity index (χ3v) is 4.21. The van der Waals surface area contributed by atoms with E-state index in [4.69, 9.17) is 10.5 Å². The minimum atomic E-state index is -0.741. The van der Waals surface area contributed by atoms with Crippen LogP contribution in [-0.4, -0.2) is 42.5 Å². The molecule has 1 aliphatic heterocycles. The smallest absolute Gasteiger partial charge is 0.248 e. The molecular formula is C19H20N2O3. The highest BCUT2D eigenvalue weighted by Crippen LogP contribution is 2.27. The molecule has 1 heterocycles. The van der Waals surface area contributed by atoms with Crippen LogP contribution in [-0.2, 0) is 14.3 Å². The van der Waals surface area contributed by atoms with E-state index in [0.29, 0.717) is 13.2 Å². The number of rotatable bonds is 4. The van der Waals surface area contributed by atoms with Crippen molar-refractivity contribution in [3.63, 3.8) is 0 Å². The van der Waals surface area contributed by atoms with Crippen LogP contribution in [0.4, 0.5) is 0 Å². The summed E-state index contributed by atoms with van der Waals surface area (Å²) in [5.74, 6) is -0.982. The Balaban J connectivity index is 1.91. The molecule has 0 unspecified atom stereocenters. The number of carbonyl (C=O) groups is 2. The molecule has 0 bridgehead atoms. The second-order valence-corrected chi connectivity index (χ2v) is 5.80. The first-order chi connectivity index (χ1) is 11.7. The molecule has 1 fully saturated rings. The molecule has 24 heavy (non-hydrogen) atoms. The van der Waals surface area contributed by atoms with Crippen LogP contribution in [0.3, 0.4) is 0 Å². The lowest BCUT2D eigenvalue weighted by Crippen LogP contribution is -2.51. The van der Waals surface area contributed by atoms with Crippen LogP contribution in [0.25, 0.3) is 0 Å². The molecule has 5 heteroatoms. The van der Waals surface area contributed by atoms with E-state index in [-0.39, 0.29) is 12.5 Å². The molecule has 0 aliphatic carbocycles. The van der Waals surface area contributed by atoms with E-state index in [2.05, 4.69) is 0 Å². The van der Waals surface area contributed by atoms with Crippen molar-refractivity contribution in [1.82, 2.24) is 4.90 Å². The van der Waals surface area contributed by atoms with Crippen molar-refractivity contribution in [1.29, 1.82) is 0 Å². The summed E-state index contributed by atoms with van der Waals surface area (Å²) in [5, 5.41) is 0. The molecule has 0 saturated carbocycles. The molecule has 1 atom stereocenters. The minimum absolute atomic E-state index is 0.0399. The SMILES string of the molecule is NC(=O)[C@H]1CN(C(=O)C(c2ccccc2)c2ccccc2)CCO1. The Morgan fingerprint density at radius 3 is 2.04 bits per heavy atom. The molecule has 3 rings (SSSR count). The van der Waals surface area contributed by atoms with E-state index < -0.39 is 17.9 Å². The van der Waals surface area contributed by atoms with E-state index >= 15 is 0 Å². The maximum atomic E-state index is 13.2. The van der Waals surface area contributed by atoms with Gasteiger partial charge in [0.15, 0.2) is 6.10 Å². The molecule has 0 radical (unpaired) electrons.